The van der Waals surface area contributed by atoms with Crippen molar-refractivity contribution in [1.29, 1.82) is 0 Å². The molecular weight excluding hydrogens is 250 g/mol. The van der Waals surface area contributed by atoms with Gasteiger partial charge in [-0.05, 0) is 28.8 Å². The molecule has 0 spiro atoms. The number of carboxylic acid groups (broad SMARTS) is 1. The molecule has 2 aromatic heterocycles. The molecule has 0 atom stereocenters. The van der Waals surface area contributed by atoms with Crippen molar-refractivity contribution in [3.05, 3.63) is 39.3 Å². The van der Waals surface area contributed by atoms with Crippen molar-refractivity contribution in [1.82, 2.24) is 15.1 Å². The minimum absolute atomic E-state index is 0.257. The molecule has 2 N–H and O–H groups in total. The number of aromatic carboxylic acids is 1. The maximum Gasteiger partial charge on any atom is 0.339 e. The van der Waals surface area contributed by atoms with Crippen molar-refractivity contribution in [2.24, 2.45) is 7.05 Å². The van der Waals surface area contributed by atoms with Gasteiger partial charge in [-0.2, -0.15) is 16.4 Å². The Morgan fingerprint density at radius 3 is 2.89 bits per heavy atom. The number of rotatable bonds is 5. The van der Waals surface area contributed by atoms with E-state index < -0.39 is 5.97 Å². The summed E-state index contributed by atoms with van der Waals surface area (Å²) >= 11 is 1.67. The highest BCUT2D eigenvalue weighted by molar-refractivity contribution is 7.08. The number of aryl methyl sites for hydroxylation is 2. The molecular formula is C12H15N3O2S. The average Bonchev–Trinajstić information content (AvgIpc) is 2.87. The highest BCUT2D eigenvalue weighted by Gasteiger charge is 2.14. The summed E-state index contributed by atoms with van der Waals surface area (Å²) in [6, 6.07) is 0. The first-order valence-corrected chi connectivity index (χ1v) is 6.50. The molecule has 96 valence electrons. The van der Waals surface area contributed by atoms with E-state index in [1.165, 1.54) is 17.3 Å². The molecule has 0 amide bonds. The van der Waals surface area contributed by atoms with Gasteiger partial charge < -0.3 is 10.4 Å². The van der Waals surface area contributed by atoms with E-state index in [0.29, 0.717) is 12.2 Å². The number of carboxylic acids is 1. The fraction of sp³-hybridized carbons (Fsp3) is 0.333. The number of carbonyl (C=O) groups is 1. The Hall–Kier alpha value is -1.66. The molecule has 0 radical (unpaired) electrons. The maximum atomic E-state index is 11.0. The SMILES string of the molecule is Cc1cscc1CNCc1c(C(=O)O)cnn1C. The summed E-state index contributed by atoms with van der Waals surface area (Å²) < 4.78 is 1.59. The number of aromatic nitrogens is 2. The Balaban J connectivity index is 2.00. The summed E-state index contributed by atoms with van der Waals surface area (Å²) in [5.74, 6) is -0.938. The molecule has 0 saturated heterocycles. The molecule has 0 aromatic carbocycles. The highest BCUT2D eigenvalue weighted by Crippen LogP contribution is 2.13. The lowest BCUT2D eigenvalue weighted by atomic mass is 10.2. The normalized spacial score (nSPS) is 10.8. The summed E-state index contributed by atoms with van der Waals surface area (Å²) in [5.41, 5.74) is 3.46. The molecule has 2 heterocycles. The van der Waals surface area contributed by atoms with E-state index >= 15 is 0 Å². The van der Waals surface area contributed by atoms with Crippen LogP contribution in [0.25, 0.3) is 0 Å². The lowest BCUT2D eigenvalue weighted by molar-refractivity contribution is 0.0695. The van der Waals surface area contributed by atoms with Gasteiger partial charge in [-0.3, -0.25) is 4.68 Å². The molecule has 18 heavy (non-hydrogen) atoms. The fourth-order valence-electron chi connectivity index (χ4n) is 1.73. The molecule has 6 heteroatoms. The second-order valence-electron chi connectivity index (χ2n) is 4.12. The van der Waals surface area contributed by atoms with Gasteiger partial charge in [0.25, 0.3) is 0 Å². The zero-order chi connectivity index (χ0) is 13.1. The van der Waals surface area contributed by atoms with Crippen LogP contribution < -0.4 is 5.32 Å². The minimum Gasteiger partial charge on any atom is -0.478 e. The molecule has 2 aromatic rings. The fourth-order valence-corrected chi connectivity index (χ4v) is 2.59. The predicted molar refractivity (Wildman–Crippen MR) is 69.8 cm³/mol. The van der Waals surface area contributed by atoms with Gasteiger partial charge in [-0.1, -0.05) is 0 Å². The van der Waals surface area contributed by atoms with E-state index in [4.69, 9.17) is 5.11 Å². The summed E-state index contributed by atoms with van der Waals surface area (Å²) in [6.07, 6.45) is 1.38. The quantitative estimate of drug-likeness (QED) is 0.864. The van der Waals surface area contributed by atoms with E-state index in [1.807, 2.05) is 0 Å². The smallest absolute Gasteiger partial charge is 0.339 e. The van der Waals surface area contributed by atoms with Gasteiger partial charge in [0.05, 0.1) is 11.9 Å². The number of nitrogens with zero attached hydrogens (tertiary/aromatic N) is 2. The van der Waals surface area contributed by atoms with Crippen molar-refractivity contribution >= 4 is 17.3 Å². The third-order valence-electron chi connectivity index (χ3n) is 2.86. The van der Waals surface area contributed by atoms with Crippen LogP contribution in [0.15, 0.2) is 17.0 Å². The Morgan fingerprint density at radius 1 is 1.50 bits per heavy atom. The topological polar surface area (TPSA) is 67.2 Å². The van der Waals surface area contributed by atoms with E-state index in [-0.39, 0.29) is 5.56 Å². The zero-order valence-electron chi connectivity index (χ0n) is 10.3. The number of hydrogen-bond acceptors (Lipinski definition) is 4. The van der Waals surface area contributed by atoms with Crippen molar-refractivity contribution < 1.29 is 9.90 Å². The summed E-state index contributed by atoms with van der Waals surface area (Å²) in [6.45, 7) is 3.30. The van der Waals surface area contributed by atoms with Crippen LogP contribution in [0, 0.1) is 6.92 Å². The highest BCUT2D eigenvalue weighted by atomic mass is 32.1. The van der Waals surface area contributed by atoms with Crippen molar-refractivity contribution in [2.75, 3.05) is 0 Å². The van der Waals surface area contributed by atoms with Crippen LogP contribution in [0.4, 0.5) is 0 Å². The average molecular weight is 265 g/mol. The first kappa shape index (κ1) is 12.8. The Bertz CT molecular complexity index is 559. The van der Waals surface area contributed by atoms with Gasteiger partial charge in [0, 0.05) is 20.1 Å². The molecule has 0 aliphatic carbocycles. The number of hydrogen-bond donors (Lipinski definition) is 2. The zero-order valence-corrected chi connectivity index (χ0v) is 11.1. The van der Waals surface area contributed by atoms with Gasteiger partial charge in [0.1, 0.15) is 5.56 Å². The standard InChI is InChI=1S/C12H15N3O2S/c1-8-6-18-7-9(8)3-13-5-11-10(12(16)17)4-14-15(11)2/h4,6-7,13H,3,5H2,1-2H3,(H,16,17). The van der Waals surface area contributed by atoms with Crippen molar-refractivity contribution in [3.63, 3.8) is 0 Å². The maximum absolute atomic E-state index is 11.0. The van der Waals surface area contributed by atoms with E-state index in [1.54, 1.807) is 23.1 Å². The van der Waals surface area contributed by atoms with Crippen LogP contribution in [0.2, 0.25) is 0 Å². The van der Waals surface area contributed by atoms with Gasteiger partial charge in [-0.15, -0.1) is 0 Å². The molecule has 0 unspecified atom stereocenters. The van der Waals surface area contributed by atoms with Crippen LogP contribution in [0.1, 0.15) is 27.2 Å². The molecule has 0 fully saturated rings. The van der Waals surface area contributed by atoms with Crippen LogP contribution in [-0.2, 0) is 20.1 Å². The third-order valence-corrected chi connectivity index (χ3v) is 3.77. The second kappa shape index (κ2) is 5.32. The molecule has 0 aliphatic rings. The van der Waals surface area contributed by atoms with Crippen LogP contribution in [0.3, 0.4) is 0 Å². The number of nitrogens with one attached hydrogen (secondary N) is 1. The van der Waals surface area contributed by atoms with Crippen molar-refractivity contribution in [3.8, 4) is 0 Å². The molecule has 0 aliphatic heterocycles. The van der Waals surface area contributed by atoms with Crippen LogP contribution in [-0.4, -0.2) is 20.9 Å². The predicted octanol–water partition coefficient (Wildman–Crippen LogP) is 1.78. The second-order valence-corrected chi connectivity index (χ2v) is 4.86. The Kier molecular flexibility index (Phi) is 3.78. The largest absolute Gasteiger partial charge is 0.478 e. The summed E-state index contributed by atoms with van der Waals surface area (Å²) in [7, 11) is 1.75. The third kappa shape index (κ3) is 2.60. The first-order chi connectivity index (χ1) is 8.59. The number of thiophene rings is 1. The summed E-state index contributed by atoms with van der Waals surface area (Å²) in [4.78, 5) is 11.0. The lowest BCUT2D eigenvalue weighted by Gasteiger charge is -2.06. The molecule has 0 saturated carbocycles. The molecule has 2 rings (SSSR count). The molecule has 0 bridgehead atoms. The Morgan fingerprint density at radius 2 is 2.28 bits per heavy atom. The Labute approximate surface area is 109 Å². The van der Waals surface area contributed by atoms with E-state index in [0.717, 1.165) is 6.54 Å². The summed E-state index contributed by atoms with van der Waals surface area (Å²) in [5, 5.41) is 20.4. The van der Waals surface area contributed by atoms with E-state index in [2.05, 4.69) is 28.1 Å². The van der Waals surface area contributed by atoms with Crippen LogP contribution >= 0.6 is 11.3 Å². The van der Waals surface area contributed by atoms with E-state index in [9.17, 15) is 4.79 Å². The minimum atomic E-state index is -0.938. The monoisotopic (exact) mass is 265 g/mol. The molecule has 5 nitrogen and oxygen atoms in total. The van der Waals surface area contributed by atoms with Gasteiger partial charge >= 0.3 is 5.97 Å². The van der Waals surface area contributed by atoms with Gasteiger partial charge in [0.2, 0.25) is 0 Å². The first-order valence-electron chi connectivity index (χ1n) is 5.56. The van der Waals surface area contributed by atoms with Gasteiger partial charge in [-0.25, -0.2) is 4.79 Å². The van der Waals surface area contributed by atoms with Crippen molar-refractivity contribution in [2.45, 2.75) is 20.0 Å². The lowest BCUT2D eigenvalue weighted by Crippen LogP contribution is -2.17. The van der Waals surface area contributed by atoms with Crippen LogP contribution in [0.5, 0.6) is 0 Å². The van der Waals surface area contributed by atoms with Gasteiger partial charge in [0.15, 0.2) is 0 Å².